The van der Waals surface area contributed by atoms with Gasteiger partial charge in [-0.1, -0.05) is 60.7 Å². The lowest BCUT2D eigenvalue weighted by molar-refractivity contribution is 0.104. The van der Waals surface area contributed by atoms with Crippen molar-refractivity contribution in [1.29, 1.82) is 0 Å². The molecule has 6 heteroatoms. The van der Waals surface area contributed by atoms with Crippen molar-refractivity contribution in [3.63, 3.8) is 0 Å². The quantitative estimate of drug-likeness (QED) is 0.232. The number of para-hydroxylation sites is 2. The highest BCUT2D eigenvalue weighted by Gasteiger charge is 2.19. The largest absolute Gasteiger partial charge is 0.506 e. The highest BCUT2D eigenvalue weighted by atomic mass is 16.4. The van der Waals surface area contributed by atoms with E-state index in [2.05, 4.69) is 0 Å². The van der Waals surface area contributed by atoms with Crippen LogP contribution in [0.3, 0.4) is 0 Å². The number of fused-ring (bicyclic) bond motifs is 1. The summed E-state index contributed by atoms with van der Waals surface area (Å²) in [6.07, 6.45) is 4.65. The first-order valence-corrected chi connectivity index (χ1v) is 10.3. The Kier molecular flexibility index (Phi) is 5.16. The summed E-state index contributed by atoms with van der Waals surface area (Å²) >= 11 is 0. The van der Waals surface area contributed by atoms with E-state index in [1.54, 1.807) is 35.0 Å². The molecule has 0 unspecified atom stereocenters. The molecule has 2 aromatic heterocycles. The number of aromatic nitrogens is 2. The Balaban J connectivity index is 1.57. The third-order valence-corrected chi connectivity index (χ3v) is 5.26. The SMILES string of the molecule is O=C(/C=C/c1cn(-c2ccccc2)nc1-c1ccccc1)c1c(O)c2ccccc2oc1=O. The fraction of sp³-hybridized carbons (Fsp3) is 0. The normalized spacial score (nSPS) is 11.3. The van der Waals surface area contributed by atoms with Crippen LogP contribution in [0.15, 0.2) is 106 Å². The topological polar surface area (TPSA) is 85.3 Å². The van der Waals surface area contributed by atoms with E-state index in [1.807, 2.05) is 66.9 Å². The molecule has 0 spiro atoms. The van der Waals surface area contributed by atoms with Gasteiger partial charge in [0.2, 0.25) is 0 Å². The van der Waals surface area contributed by atoms with Gasteiger partial charge in [0.1, 0.15) is 16.9 Å². The zero-order valence-electron chi connectivity index (χ0n) is 17.4. The number of ketones is 1. The van der Waals surface area contributed by atoms with Crippen LogP contribution < -0.4 is 5.63 Å². The van der Waals surface area contributed by atoms with Crippen LogP contribution in [-0.4, -0.2) is 20.7 Å². The first-order chi connectivity index (χ1) is 16.1. The third kappa shape index (κ3) is 3.85. The predicted octanol–water partition coefficient (Wildman–Crippen LogP) is 5.25. The molecule has 0 atom stereocenters. The Hall–Kier alpha value is -4.71. The Labute approximate surface area is 188 Å². The van der Waals surface area contributed by atoms with Crippen LogP contribution >= 0.6 is 0 Å². The van der Waals surface area contributed by atoms with Crippen LogP contribution in [0.4, 0.5) is 0 Å². The molecule has 0 aliphatic heterocycles. The molecule has 0 bridgehead atoms. The Morgan fingerprint density at radius 3 is 2.33 bits per heavy atom. The highest BCUT2D eigenvalue weighted by molar-refractivity contribution is 6.10. The number of carbonyl (C=O) groups excluding carboxylic acids is 1. The molecule has 1 N–H and O–H groups in total. The zero-order chi connectivity index (χ0) is 22.8. The monoisotopic (exact) mass is 434 g/mol. The van der Waals surface area contributed by atoms with Crippen LogP contribution in [0.1, 0.15) is 15.9 Å². The molecular formula is C27H18N2O4. The second kappa shape index (κ2) is 8.43. The molecule has 0 saturated heterocycles. The van der Waals surface area contributed by atoms with E-state index in [-0.39, 0.29) is 11.3 Å². The first kappa shape index (κ1) is 20.2. The van der Waals surface area contributed by atoms with E-state index in [0.717, 1.165) is 11.3 Å². The van der Waals surface area contributed by atoms with E-state index < -0.39 is 17.0 Å². The lowest BCUT2D eigenvalue weighted by atomic mass is 10.1. The molecule has 3 aromatic carbocycles. The standard InChI is InChI=1S/C27H18N2O4/c30-22(24-26(31)21-13-7-8-14-23(21)33-27(24)32)16-15-19-17-29(20-11-5-2-6-12-20)28-25(19)18-9-3-1-4-10-18/h1-17,31H/b16-15+. The summed E-state index contributed by atoms with van der Waals surface area (Å²) in [5.74, 6) is -1.04. The maximum atomic E-state index is 12.9. The Bertz CT molecular complexity index is 1550. The lowest BCUT2D eigenvalue weighted by Crippen LogP contribution is -2.12. The molecule has 2 heterocycles. The summed E-state index contributed by atoms with van der Waals surface area (Å²) < 4.78 is 6.95. The van der Waals surface area contributed by atoms with E-state index in [1.165, 1.54) is 6.08 Å². The molecule has 0 aliphatic rings. The van der Waals surface area contributed by atoms with Crippen molar-refractivity contribution in [2.75, 3.05) is 0 Å². The summed E-state index contributed by atoms with van der Waals surface area (Å²) in [5, 5.41) is 15.6. The first-order valence-electron chi connectivity index (χ1n) is 10.3. The summed E-state index contributed by atoms with van der Waals surface area (Å²) in [7, 11) is 0. The molecule has 5 rings (SSSR count). The summed E-state index contributed by atoms with van der Waals surface area (Å²) in [4.78, 5) is 25.3. The zero-order valence-corrected chi connectivity index (χ0v) is 17.4. The molecule has 0 radical (unpaired) electrons. The van der Waals surface area contributed by atoms with Gasteiger partial charge in [-0.3, -0.25) is 4.79 Å². The maximum Gasteiger partial charge on any atom is 0.351 e. The van der Waals surface area contributed by atoms with Gasteiger partial charge in [-0.05, 0) is 36.4 Å². The van der Waals surface area contributed by atoms with Crippen molar-refractivity contribution in [3.8, 4) is 22.7 Å². The number of benzene rings is 3. The average Bonchev–Trinajstić information content (AvgIpc) is 3.28. The smallest absolute Gasteiger partial charge is 0.351 e. The Morgan fingerprint density at radius 1 is 0.909 bits per heavy atom. The highest BCUT2D eigenvalue weighted by Crippen LogP contribution is 2.28. The van der Waals surface area contributed by atoms with Gasteiger partial charge in [0, 0.05) is 17.3 Å². The number of rotatable bonds is 5. The van der Waals surface area contributed by atoms with Gasteiger partial charge in [-0.25, -0.2) is 9.48 Å². The van der Waals surface area contributed by atoms with Crippen LogP contribution in [0.2, 0.25) is 0 Å². The number of aromatic hydroxyl groups is 1. The second-order valence-corrected chi connectivity index (χ2v) is 7.39. The molecule has 160 valence electrons. The van der Waals surface area contributed by atoms with Gasteiger partial charge < -0.3 is 9.52 Å². The molecule has 5 aromatic rings. The van der Waals surface area contributed by atoms with Crippen molar-refractivity contribution in [1.82, 2.24) is 9.78 Å². The van der Waals surface area contributed by atoms with Gasteiger partial charge in [0.15, 0.2) is 5.78 Å². The molecular weight excluding hydrogens is 416 g/mol. The maximum absolute atomic E-state index is 12.9. The minimum atomic E-state index is -0.885. The van der Waals surface area contributed by atoms with E-state index >= 15 is 0 Å². The van der Waals surface area contributed by atoms with Crippen molar-refractivity contribution in [2.45, 2.75) is 0 Å². The van der Waals surface area contributed by atoms with Crippen LogP contribution in [0.25, 0.3) is 34.0 Å². The van der Waals surface area contributed by atoms with Crippen molar-refractivity contribution in [3.05, 3.63) is 119 Å². The minimum Gasteiger partial charge on any atom is -0.506 e. The molecule has 33 heavy (non-hydrogen) atoms. The number of allylic oxidation sites excluding steroid dienone is 1. The number of hydrogen-bond donors (Lipinski definition) is 1. The van der Waals surface area contributed by atoms with Gasteiger partial charge in [-0.2, -0.15) is 5.10 Å². The van der Waals surface area contributed by atoms with Crippen molar-refractivity contribution < 1.29 is 14.3 Å². The van der Waals surface area contributed by atoms with E-state index in [0.29, 0.717) is 16.6 Å². The average molecular weight is 434 g/mol. The Morgan fingerprint density at radius 2 is 1.58 bits per heavy atom. The lowest BCUT2D eigenvalue weighted by Gasteiger charge is -2.03. The number of nitrogens with zero attached hydrogens (tertiary/aromatic N) is 2. The van der Waals surface area contributed by atoms with Crippen LogP contribution in [0.5, 0.6) is 5.75 Å². The fourth-order valence-corrected chi connectivity index (χ4v) is 3.64. The number of hydrogen-bond acceptors (Lipinski definition) is 5. The van der Waals surface area contributed by atoms with E-state index in [9.17, 15) is 14.7 Å². The molecule has 0 fully saturated rings. The van der Waals surface area contributed by atoms with Crippen LogP contribution in [-0.2, 0) is 0 Å². The van der Waals surface area contributed by atoms with Crippen molar-refractivity contribution >= 4 is 22.8 Å². The second-order valence-electron chi connectivity index (χ2n) is 7.39. The van der Waals surface area contributed by atoms with Gasteiger partial charge in [-0.15, -0.1) is 0 Å². The number of carbonyl (C=O) groups is 1. The minimum absolute atomic E-state index is 0.219. The summed E-state index contributed by atoms with van der Waals surface area (Å²) in [6.45, 7) is 0. The predicted molar refractivity (Wildman–Crippen MR) is 127 cm³/mol. The molecule has 6 nitrogen and oxygen atoms in total. The van der Waals surface area contributed by atoms with Gasteiger partial charge in [0.25, 0.3) is 0 Å². The fourth-order valence-electron chi connectivity index (χ4n) is 3.64. The van der Waals surface area contributed by atoms with E-state index in [4.69, 9.17) is 9.52 Å². The van der Waals surface area contributed by atoms with Crippen LogP contribution in [0, 0.1) is 0 Å². The van der Waals surface area contributed by atoms with Gasteiger partial charge in [0.05, 0.1) is 16.8 Å². The van der Waals surface area contributed by atoms with Crippen molar-refractivity contribution in [2.24, 2.45) is 0 Å². The van der Waals surface area contributed by atoms with Gasteiger partial charge >= 0.3 is 5.63 Å². The summed E-state index contributed by atoms with van der Waals surface area (Å²) in [5.41, 5.74) is 2.05. The summed E-state index contributed by atoms with van der Waals surface area (Å²) in [6, 6.07) is 25.7. The molecule has 0 amide bonds. The molecule has 0 aliphatic carbocycles. The molecule has 0 saturated carbocycles. The third-order valence-electron chi connectivity index (χ3n) is 5.26.